The summed E-state index contributed by atoms with van der Waals surface area (Å²) in [5, 5.41) is 0. The molecule has 2 heterocycles. The average Bonchev–Trinajstić information content (AvgIpc) is 3.43. The molecule has 0 N–H and O–H groups in total. The molecular formula is C68H52BN3. The zero-order chi connectivity index (χ0) is 48.7. The van der Waals surface area contributed by atoms with Crippen molar-refractivity contribution in [2.45, 2.75) is 13.8 Å². The van der Waals surface area contributed by atoms with Crippen LogP contribution in [0.2, 0.25) is 0 Å². The van der Waals surface area contributed by atoms with Crippen molar-refractivity contribution in [2.75, 3.05) is 14.7 Å². The molecule has 3 nitrogen and oxygen atoms in total. The first-order valence-electron chi connectivity index (χ1n) is 24.8. The van der Waals surface area contributed by atoms with Crippen LogP contribution in [-0.4, -0.2) is 6.71 Å². The van der Waals surface area contributed by atoms with Crippen LogP contribution in [0.3, 0.4) is 0 Å². The molecule has 12 rings (SSSR count). The van der Waals surface area contributed by atoms with Crippen molar-refractivity contribution in [1.82, 2.24) is 0 Å². The van der Waals surface area contributed by atoms with Crippen LogP contribution in [0, 0.1) is 13.8 Å². The first kappa shape index (κ1) is 44.1. The molecule has 10 aromatic carbocycles. The van der Waals surface area contributed by atoms with Gasteiger partial charge in [-0.3, -0.25) is 0 Å². The average molecular weight is 922 g/mol. The number of hydrogen-bond donors (Lipinski definition) is 0. The number of nitrogens with zero attached hydrogens (tertiary/aromatic N) is 3. The molecule has 0 amide bonds. The Balaban J connectivity index is 1.22. The molecule has 4 heteroatoms. The van der Waals surface area contributed by atoms with Crippen LogP contribution in [0.1, 0.15) is 16.7 Å². The van der Waals surface area contributed by atoms with E-state index in [-0.39, 0.29) is 6.71 Å². The number of benzene rings is 10. The highest BCUT2D eigenvalue weighted by atomic mass is 15.2. The van der Waals surface area contributed by atoms with Crippen LogP contribution >= 0.6 is 0 Å². The van der Waals surface area contributed by atoms with Crippen molar-refractivity contribution in [3.8, 4) is 33.4 Å². The zero-order valence-electron chi connectivity index (χ0n) is 40.6. The monoisotopic (exact) mass is 921 g/mol. The van der Waals surface area contributed by atoms with Crippen molar-refractivity contribution in [1.29, 1.82) is 0 Å². The van der Waals surface area contributed by atoms with Crippen molar-refractivity contribution in [3.63, 3.8) is 0 Å². The van der Waals surface area contributed by atoms with Crippen molar-refractivity contribution in [3.05, 3.63) is 285 Å². The lowest BCUT2D eigenvalue weighted by Gasteiger charge is -2.45. The third-order valence-electron chi connectivity index (χ3n) is 14.2. The highest BCUT2D eigenvalue weighted by Gasteiger charge is 2.44. The van der Waals surface area contributed by atoms with Gasteiger partial charge in [0.1, 0.15) is 0 Å². The minimum absolute atomic E-state index is 0.114. The van der Waals surface area contributed by atoms with E-state index in [1.54, 1.807) is 0 Å². The molecule has 0 aromatic heterocycles. The quantitative estimate of drug-likeness (QED) is 0.0945. The molecule has 2 aliphatic rings. The first-order chi connectivity index (χ1) is 35.4. The summed E-state index contributed by atoms with van der Waals surface area (Å²) in [6.45, 7) is 12.6. The van der Waals surface area contributed by atoms with E-state index in [9.17, 15) is 0 Å². The number of aryl methyl sites for hydroxylation is 2. The number of hydrogen-bond acceptors (Lipinski definition) is 3. The molecular weight excluding hydrogens is 870 g/mol. The SMILES string of the molecule is C=C/C=C(\C=C)c1ccc2c(c1)N(c1cccc(-c3ccccc3)c1)c1cc(N(c3cccc(C)c3)c3cccc(C)c3)cc3c1B2c1ccc(-c2ccccc2)cc1N3c1cccc(-c2ccccc2)c1. The van der Waals surface area contributed by atoms with E-state index in [0.717, 1.165) is 79.0 Å². The van der Waals surface area contributed by atoms with E-state index in [0.29, 0.717) is 0 Å². The van der Waals surface area contributed by atoms with Gasteiger partial charge in [-0.05, 0) is 159 Å². The Labute approximate surface area is 424 Å². The van der Waals surface area contributed by atoms with Crippen molar-refractivity contribution < 1.29 is 0 Å². The molecule has 0 unspecified atom stereocenters. The lowest BCUT2D eigenvalue weighted by Crippen LogP contribution is -2.61. The van der Waals surface area contributed by atoms with E-state index >= 15 is 0 Å². The van der Waals surface area contributed by atoms with E-state index in [1.807, 2.05) is 18.2 Å². The van der Waals surface area contributed by atoms with Gasteiger partial charge in [0.15, 0.2) is 0 Å². The summed E-state index contributed by atoms with van der Waals surface area (Å²) in [6, 6.07) is 87.0. The Bertz CT molecular complexity index is 3680. The van der Waals surface area contributed by atoms with Gasteiger partial charge < -0.3 is 14.7 Å². The summed E-state index contributed by atoms with van der Waals surface area (Å²) in [4.78, 5) is 7.50. The molecule has 0 fully saturated rings. The van der Waals surface area contributed by atoms with E-state index in [1.165, 1.54) is 44.2 Å². The summed E-state index contributed by atoms with van der Waals surface area (Å²) in [6.07, 6.45) is 5.83. The maximum Gasteiger partial charge on any atom is 0.252 e. The maximum atomic E-state index is 4.26. The molecule has 0 saturated heterocycles. The Morgan fingerprint density at radius 2 is 0.861 bits per heavy atom. The molecule has 0 aliphatic carbocycles. The highest BCUT2D eigenvalue weighted by molar-refractivity contribution is 7.00. The Morgan fingerprint density at radius 3 is 1.35 bits per heavy atom. The van der Waals surface area contributed by atoms with Crippen LogP contribution in [0.25, 0.3) is 39.0 Å². The zero-order valence-corrected chi connectivity index (χ0v) is 40.6. The van der Waals surface area contributed by atoms with Gasteiger partial charge in [0, 0.05) is 45.5 Å². The molecule has 2 aliphatic heterocycles. The van der Waals surface area contributed by atoms with Crippen molar-refractivity contribution >= 4 is 79.9 Å². The summed E-state index contributed by atoms with van der Waals surface area (Å²) < 4.78 is 0. The normalized spacial score (nSPS) is 12.4. The van der Waals surface area contributed by atoms with E-state index in [4.69, 9.17) is 0 Å². The maximum absolute atomic E-state index is 4.26. The fourth-order valence-corrected chi connectivity index (χ4v) is 11.0. The number of fused-ring (bicyclic) bond motifs is 4. The molecule has 0 saturated carbocycles. The second-order valence-corrected chi connectivity index (χ2v) is 18.8. The summed E-state index contributed by atoms with van der Waals surface area (Å²) in [7, 11) is 0. The molecule has 342 valence electrons. The van der Waals surface area contributed by atoms with E-state index in [2.05, 4.69) is 278 Å². The summed E-state index contributed by atoms with van der Waals surface area (Å²) in [5.41, 5.74) is 25.0. The van der Waals surface area contributed by atoms with Crippen LogP contribution < -0.4 is 31.1 Å². The van der Waals surface area contributed by atoms with Gasteiger partial charge in [0.2, 0.25) is 0 Å². The third-order valence-corrected chi connectivity index (χ3v) is 14.2. The van der Waals surface area contributed by atoms with Gasteiger partial charge in [0.25, 0.3) is 6.71 Å². The topological polar surface area (TPSA) is 9.72 Å². The number of allylic oxidation sites excluding steroid dienone is 4. The van der Waals surface area contributed by atoms with Crippen LogP contribution in [0.15, 0.2) is 268 Å². The van der Waals surface area contributed by atoms with Gasteiger partial charge in [-0.1, -0.05) is 195 Å². The molecule has 72 heavy (non-hydrogen) atoms. The first-order valence-corrected chi connectivity index (χ1v) is 24.8. The van der Waals surface area contributed by atoms with Gasteiger partial charge in [0.05, 0.1) is 5.69 Å². The molecule has 0 radical (unpaired) electrons. The third kappa shape index (κ3) is 7.93. The smallest absolute Gasteiger partial charge is 0.252 e. The Kier molecular flexibility index (Phi) is 11.4. The lowest BCUT2D eigenvalue weighted by molar-refractivity contribution is 1.22. The number of rotatable bonds is 11. The second-order valence-electron chi connectivity index (χ2n) is 18.8. The highest BCUT2D eigenvalue weighted by Crippen LogP contribution is 2.49. The van der Waals surface area contributed by atoms with Crippen molar-refractivity contribution in [2.24, 2.45) is 0 Å². The van der Waals surface area contributed by atoms with Gasteiger partial charge in [-0.15, -0.1) is 0 Å². The van der Waals surface area contributed by atoms with Gasteiger partial charge >= 0.3 is 0 Å². The number of anilines is 9. The lowest BCUT2D eigenvalue weighted by atomic mass is 9.33. The summed E-state index contributed by atoms with van der Waals surface area (Å²) >= 11 is 0. The minimum atomic E-state index is -0.114. The second kappa shape index (κ2) is 18.7. The fourth-order valence-electron chi connectivity index (χ4n) is 11.0. The molecule has 0 atom stereocenters. The molecule has 10 aromatic rings. The predicted molar refractivity (Wildman–Crippen MR) is 309 cm³/mol. The van der Waals surface area contributed by atoms with Gasteiger partial charge in [-0.25, -0.2) is 0 Å². The van der Waals surface area contributed by atoms with Crippen LogP contribution in [0.5, 0.6) is 0 Å². The molecule has 0 spiro atoms. The van der Waals surface area contributed by atoms with Gasteiger partial charge in [-0.2, -0.15) is 0 Å². The summed E-state index contributed by atoms with van der Waals surface area (Å²) in [5.74, 6) is 0. The Morgan fingerprint density at radius 1 is 0.403 bits per heavy atom. The Hall–Kier alpha value is -9.12. The largest absolute Gasteiger partial charge is 0.311 e. The van der Waals surface area contributed by atoms with E-state index < -0.39 is 0 Å². The van der Waals surface area contributed by atoms with Crippen LogP contribution in [-0.2, 0) is 0 Å². The minimum Gasteiger partial charge on any atom is -0.311 e. The van der Waals surface area contributed by atoms with Crippen LogP contribution in [0.4, 0.5) is 51.2 Å². The molecule has 0 bridgehead atoms. The predicted octanol–water partition coefficient (Wildman–Crippen LogP) is 16.6. The standard InChI is InChI=1S/C68H52BN3/c1-5-20-49(6-2)55-35-37-62-64(43-55)71(59-33-18-29-53(41-59)50-23-10-7-11-24-50)66-45-61(70(57-31-16-21-47(3)39-57)58-32-17-22-48(4)40-58)46-67-68(66)69(62)63-38-36-56(52-27-14-9-15-28-52)44-65(63)72(67)60-34-19-30-54(42-60)51-25-12-8-13-26-51/h5-46H,1-2H2,3-4H3/b49-20+. The fraction of sp³-hybridized carbons (Fsp3) is 0.0294.